The highest BCUT2D eigenvalue weighted by Crippen LogP contribution is 2.18. The standard InChI is InChI=1S/C8H11NO4/c9-7(11)3-6(10)8(12)5-1-2-13-4-5/h1-2,4,6,8,10,12H,3H2,(H2,9,11). The maximum Gasteiger partial charge on any atom is 0.220 e. The Labute approximate surface area is 74.8 Å². The second kappa shape index (κ2) is 4.06. The van der Waals surface area contributed by atoms with Crippen molar-refractivity contribution in [3.63, 3.8) is 0 Å². The number of nitrogens with two attached hydrogens (primary N) is 1. The molecule has 2 atom stereocenters. The number of carbonyl (C=O) groups is 1. The average molecular weight is 185 g/mol. The zero-order valence-electron chi connectivity index (χ0n) is 6.88. The number of hydrogen-bond acceptors (Lipinski definition) is 4. The van der Waals surface area contributed by atoms with Crippen molar-refractivity contribution in [3.8, 4) is 0 Å². The van der Waals surface area contributed by atoms with Gasteiger partial charge in [-0.2, -0.15) is 0 Å². The van der Waals surface area contributed by atoms with E-state index in [4.69, 9.17) is 10.2 Å². The number of primary amides is 1. The van der Waals surface area contributed by atoms with E-state index < -0.39 is 18.1 Å². The van der Waals surface area contributed by atoms with Crippen LogP contribution in [0.1, 0.15) is 18.1 Å². The molecule has 1 amide bonds. The van der Waals surface area contributed by atoms with E-state index in [1.807, 2.05) is 0 Å². The van der Waals surface area contributed by atoms with E-state index in [0.29, 0.717) is 5.56 Å². The monoisotopic (exact) mass is 185 g/mol. The number of aliphatic hydroxyl groups excluding tert-OH is 2. The summed E-state index contributed by atoms with van der Waals surface area (Å²) in [6.45, 7) is 0. The Hall–Kier alpha value is -1.33. The molecule has 13 heavy (non-hydrogen) atoms. The molecule has 0 saturated carbocycles. The molecule has 0 fully saturated rings. The molecular weight excluding hydrogens is 174 g/mol. The van der Waals surface area contributed by atoms with Crippen LogP contribution in [0.15, 0.2) is 23.0 Å². The van der Waals surface area contributed by atoms with E-state index in [-0.39, 0.29) is 6.42 Å². The van der Waals surface area contributed by atoms with Crippen molar-refractivity contribution in [3.05, 3.63) is 24.2 Å². The maximum atomic E-state index is 10.4. The van der Waals surface area contributed by atoms with Crippen LogP contribution in [0.2, 0.25) is 0 Å². The Morgan fingerprint density at radius 3 is 2.77 bits per heavy atom. The van der Waals surface area contributed by atoms with Gasteiger partial charge in [-0.25, -0.2) is 0 Å². The van der Waals surface area contributed by atoms with Gasteiger partial charge in [0.1, 0.15) is 6.10 Å². The SMILES string of the molecule is NC(=O)CC(O)C(O)c1ccoc1. The third kappa shape index (κ3) is 2.57. The van der Waals surface area contributed by atoms with Crippen molar-refractivity contribution < 1.29 is 19.4 Å². The van der Waals surface area contributed by atoms with Crippen molar-refractivity contribution in [1.29, 1.82) is 0 Å². The summed E-state index contributed by atoms with van der Waals surface area (Å²) >= 11 is 0. The first-order valence-electron chi connectivity index (χ1n) is 3.78. The summed E-state index contributed by atoms with van der Waals surface area (Å²) in [4.78, 5) is 10.4. The molecule has 0 aliphatic heterocycles. The molecule has 2 unspecified atom stereocenters. The third-order valence-electron chi connectivity index (χ3n) is 1.66. The van der Waals surface area contributed by atoms with Crippen molar-refractivity contribution in [2.24, 2.45) is 5.73 Å². The van der Waals surface area contributed by atoms with Crippen LogP contribution in [0.5, 0.6) is 0 Å². The largest absolute Gasteiger partial charge is 0.472 e. The van der Waals surface area contributed by atoms with Gasteiger partial charge >= 0.3 is 0 Å². The zero-order chi connectivity index (χ0) is 9.84. The Kier molecular flexibility index (Phi) is 3.05. The summed E-state index contributed by atoms with van der Waals surface area (Å²) in [6, 6.07) is 1.51. The smallest absolute Gasteiger partial charge is 0.220 e. The van der Waals surface area contributed by atoms with Gasteiger partial charge in [0.05, 0.1) is 25.1 Å². The maximum absolute atomic E-state index is 10.4. The molecule has 72 valence electrons. The van der Waals surface area contributed by atoms with Gasteiger partial charge in [0, 0.05) is 5.56 Å². The van der Waals surface area contributed by atoms with Crippen molar-refractivity contribution >= 4 is 5.91 Å². The van der Waals surface area contributed by atoms with E-state index in [1.54, 1.807) is 0 Å². The van der Waals surface area contributed by atoms with E-state index in [1.165, 1.54) is 18.6 Å². The lowest BCUT2D eigenvalue weighted by Gasteiger charge is -2.14. The molecule has 0 aliphatic carbocycles. The quantitative estimate of drug-likeness (QED) is 0.591. The summed E-state index contributed by atoms with van der Waals surface area (Å²) in [7, 11) is 0. The molecule has 1 aromatic rings. The van der Waals surface area contributed by atoms with Crippen LogP contribution in [0.4, 0.5) is 0 Å². The Balaban J connectivity index is 2.57. The van der Waals surface area contributed by atoms with Crippen LogP contribution in [0, 0.1) is 0 Å². The lowest BCUT2D eigenvalue weighted by Crippen LogP contribution is -2.25. The predicted octanol–water partition coefficient (Wildman–Crippen LogP) is -0.451. The van der Waals surface area contributed by atoms with E-state index >= 15 is 0 Å². The van der Waals surface area contributed by atoms with Crippen LogP contribution < -0.4 is 5.73 Å². The molecule has 4 N–H and O–H groups in total. The molecule has 0 radical (unpaired) electrons. The molecular formula is C8H11NO4. The lowest BCUT2D eigenvalue weighted by molar-refractivity contribution is -0.121. The van der Waals surface area contributed by atoms with Gasteiger partial charge in [-0.3, -0.25) is 4.79 Å². The number of carbonyl (C=O) groups excluding carboxylic acids is 1. The van der Waals surface area contributed by atoms with Gasteiger partial charge in [-0.05, 0) is 6.07 Å². The topological polar surface area (TPSA) is 96.7 Å². The highest BCUT2D eigenvalue weighted by Gasteiger charge is 2.20. The van der Waals surface area contributed by atoms with Gasteiger partial charge in [0.25, 0.3) is 0 Å². The predicted molar refractivity (Wildman–Crippen MR) is 43.5 cm³/mol. The van der Waals surface area contributed by atoms with Gasteiger partial charge < -0.3 is 20.4 Å². The first-order valence-corrected chi connectivity index (χ1v) is 3.78. The van der Waals surface area contributed by atoms with E-state index in [0.717, 1.165) is 0 Å². The Morgan fingerprint density at radius 1 is 1.62 bits per heavy atom. The number of rotatable bonds is 4. The summed E-state index contributed by atoms with van der Waals surface area (Å²) in [5, 5.41) is 18.7. The summed E-state index contributed by atoms with van der Waals surface area (Å²) < 4.78 is 4.70. The summed E-state index contributed by atoms with van der Waals surface area (Å²) in [6.07, 6.45) is 0.0814. The minimum Gasteiger partial charge on any atom is -0.472 e. The molecule has 1 heterocycles. The van der Waals surface area contributed by atoms with Gasteiger partial charge in [0.2, 0.25) is 5.91 Å². The van der Waals surface area contributed by atoms with Crippen LogP contribution in [0.25, 0.3) is 0 Å². The highest BCUT2D eigenvalue weighted by atomic mass is 16.3. The van der Waals surface area contributed by atoms with Gasteiger partial charge in [-0.15, -0.1) is 0 Å². The van der Waals surface area contributed by atoms with Gasteiger partial charge in [-0.1, -0.05) is 0 Å². The average Bonchev–Trinajstić information content (AvgIpc) is 2.53. The molecule has 0 spiro atoms. The minimum absolute atomic E-state index is 0.271. The Bertz CT molecular complexity index is 270. The molecule has 0 aliphatic rings. The van der Waals surface area contributed by atoms with Crippen LogP contribution >= 0.6 is 0 Å². The number of hydrogen-bond donors (Lipinski definition) is 3. The third-order valence-corrected chi connectivity index (χ3v) is 1.66. The normalized spacial score (nSPS) is 15.2. The fourth-order valence-electron chi connectivity index (χ4n) is 0.983. The second-order valence-electron chi connectivity index (χ2n) is 2.74. The van der Waals surface area contributed by atoms with Crippen LogP contribution in [-0.4, -0.2) is 22.2 Å². The molecule has 5 heteroatoms. The number of furan rings is 1. The highest BCUT2D eigenvalue weighted by molar-refractivity contribution is 5.74. The minimum atomic E-state index is -1.19. The molecule has 5 nitrogen and oxygen atoms in total. The first-order chi connectivity index (χ1) is 6.11. The van der Waals surface area contributed by atoms with Crippen molar-refractivity contribution in [2.75, 3.05) is 0 Å². The molecule has 1 rings (SSSR count). The molecule has 0 saturated heterocycles. The fraction of sp³-hybridized carbons (Fsp3) is 0.375. The Morgan fingerprint density at radius 2 is 2.31 bits per heavy atom. The van der Waals surface area contributed by atoms with Gasteiger partial charge in [0.15, 0.2) is 0 Å². The van der Waals surface area contributed by atoms with Crippen LogP contribution in [0.3, 0.4) is 0 Å². The molecule has 0 bridgehead atoms. The van der Waals surface area contributed by atoms with E-state index in [9.17, 15) is 15.0 Å². The van der Waals surface area contributed by atoms with Crippen molar-refractivity contribution in [2.45, 2.75) is 18.6 Å². The molecule has 1 aromatic heterocycles. The van der Waals surface area contributed by atoms with Crippen molar-refractivity contribution in [1.82, 2.24) is 0 Å². The number of amides is 1. The molecule has 0 aromatic carbocycles. The van der Waals surface area contributed by atoms with Crippen LogP contribution in [-0.2, 0) is 4.79 Å². The van der Waals surface area contributed by atoms with E-state index in [2.05, 4.69) is 0 Å². The number of aliphatic hydroxyl groups is 2. The fourth-order valence-corrected chi connectivity index (χ4v) is 0.983. The summed E-state index contributed by atoms with van der Waals surface area (Å²) in [5.74, 6) is -0.657. The first kappa shape index (κ1) is 9.76. The summed E-state index contributed by atoms with van der Waals surface area (Å²) in [5.41, 5.74) is 5.28. The second-order valence-corrected chi connectivity index (χ2v) is 2.74. The lowest BCUT2D eigenvalue weighted by atomic mass is 10.1. The zero-order valence-corrected chi connectivity index (χ0v) is 6.88.